The lowest BCUT2D eigenvalue weighted by molar-refractivity contribution is 0.0597. The molecule has 2 heterocycles. The molecule has 0 spiro atoms. The topological polar surface area (TPSA) is 84.4 Å². The van der Waals surface area contributed by atoms with Crippen LogP contribution in [0.1, 0.15) is 40.0 Å². The minimum absolute atomic E-state index is 0.225. The molecule has 4 rings (SSSR count). The fourth-order valence-electron chi connectivity index (χ4n) is 3.66. The number of nitrogens with one attached hydrogen (secondary N) is 1. The quantitative estimate of drug-likeness (QED) is 0.629. The molecule has 0 unspecified atom stereocenters. The molecule has 0 aliphatic carbocycles. The molecular formula is C24H24N4O3. The third-order valence-electron chi connectivity index (χ3n) is 5.35. The van der Waals surface area contributed by atoms with Gasteiger partial charge in [0.05, 0.1) is 23.9 Å². The molecule has 1 aliphatic rings. The highest BCUT2D eigenvalue weighted by Gasteiger charge is 2.17. The summed E-state index contributed by atoms with van der Waals surface area (Å²) in [6.45, 7) is 2.06. The Morgan fingerprint density at radius 3 is 2.23 bits per heavy atom. The van der Waals surface area contributed by atoms with Crippen LogP contribution in [0.25, 0.3) is 11.3 Å². The Hall–Kier alpha value is -3.74. The van der Waals surface area contributed by atoms with E-state index in [0.29, 0.717) is 5.69 Å². The first-order valence-electron chi connectivity index (χ1n) is 10.3. The van der Waals surface area contributed by atoms with Crippen LogP contribution >= 0.6 is 0 Å². The Labute approximate surface area is 181 Å². The molecule has 7 nitrogen and oxygen atoms in total. The van der Waals surface area contributed by atoms with Gasteiger partial charge < -0.3 is 15.0 Å². The summed E-state index contributed by atoms with van der Waals surface area (Å²) in [6, 6.07) is 17.9. The van der Waals surface area contributed by atoms with Gasteiger partial charge in [0.1, 0.15) is 0 Å². The first-order valence-corrected chi connectivity index (χ1v) is 10.3. The Kier molecular flexibility index (Phi) is 6.21. The van der Waals surface area contributed by atoms with Crippen molar-refractivity contribution < 1.29 is 14.3 Å². The van der Waals surface area contributed by atoms with Crippen LogP contribution in [0.2, 0.25) is 0 Å². The molecule has 158 valence electrons. The van der Waals surface area contributed by atoms with Crippen LogP contribution in [0.4, 0.5) is 11.5 Å². The molecule has 7 heteroatoms. The van der Waals surface area contributed by atoms with Crippen molar-refractivity contribution in [3.63, 3.8) is 0 Å². The smallest absolute Gasteiger partial charge is 0.338 e. The highest BCUT2D eigenvalue weighted by Crippen LogP contribution is 2.23. The summed E-state index contributed by atoms with van der Waals surface area (Å²) in [4.78, 5) is 26.8. The maximum Gasteiger partial charge on any atom is 0.338 e. The van der Waals surface area contributed by atoms with E-state index in [0.717, 1.165) is 30.2 Å². The molecule has 1 aromatic heterocycles. The predicted molar refractivity (Wildman–Crippen MR) is 119 cm³/mol. The number of carbonyl (C=O) groups excluding carboxylic acids is 2. The van der Waals surface area contributed by atoms with Gasteiger partial charge in [-0.05, 0) is 55.7 Å². The van der Waals surface area contributed by atoms with Crippen molar-refractivity contribution in [2.24, 2.45) is 0 Å². The van der Waals surface area contributed by atoms with Gasteiger partial charge in [-0.25, -0.2) is 4.79 Å². The number of aromatic nitrogens is 2. The van der Waals surface area contributed by atoms with Crippen molar-refractivity contribution in [1.82, 2.24) is 10.2 Å². The summed E-state index contributed by atoms with van der Waals surface area (Å²) in [5, 5.41) is 11.6. The van der Waals surface area contributed by atoms with E-state index in [-0.39, 0.29) is 17.0 Å². The molecule has 1 saturated heterocycles. The second-order valence-electron chi connectivity index (χ2n) is 7.39. The van der Waals surface area contributed by atoms with Crippen LogP contribution in [0.5, 0.6) is 0 Å². The molecule has 31 heavy (non-hydrogen) atoms. The van der Waals surface area contributed by atoms with Gasteiger partial charge in [-0.2, -0.15) is 0 Å². The maximum absolute atomic E-state index is 12.7. The van der Waals surface area contributed by atoms with Gasteiger partial charge in [0.25, 0.3) is 5.91 Å². The number of methoxy groups -OCH3 is 1. The molecule has 0 bridgehead atoms. The summed E-state index contributed by atoms with van der Waals surface area (Å²) in [7, 11) is 1.29. The summed E-state index contributed by atoms with van der Waals surface area (Å²) >= 11 is 0. The standard InChI is InChI=1S/C24H24N4O3/c1-31-24(30)20-8-4-3-7-19(20)23(29)25-18-11-9-17(10-12-18)21-13-14-22(27-26-21)28-15-5-2-6-16-28/h3-4,7-14H,2,5-6,15-16H2,1H3,(H,25,29). The molecule has 3 aromatic rings. The molecule has 0 saturated carbocycles. The number of benzene rings is 2. The fraction of sp³-hybridized carbons (Fsp3) is 0.250. The lowest BCUT2D eigenvalue weighted by Crippen LogP contribution is -2.30. The number of carbonyl (C=O) groups is 2. The van der Waals surface area contributed by atoms with E-state index in [1.807, 2.05) is 24.3 Å². The van der Waals surface area contributed by atoms with Gasteiger partial charge in [-0.1, -0.05) is 24.3 Å². The van der Waals surface area contributed by atoms with Gasteiger partial charge in [0.2, 0.25) is 0 Å². The number of rotatable bonds is 5. The van der Waals surface area contributed by atoms with Crippen LogP contribution in [0.15, 0.2) is 60.7 Å². The van der Waals surface area contributed by atoms with Crippen molar-refractivity contribution in [1.29, 1.82) is 0 Å². The Balaban J connectivity index is 1.45. The number of ether oxygens (including phenoxy) is 1. The Morgan fingerprint density at radius 1 is 0.871 bits per heavy atom. The highest BCUT2D eigenvalue weighted by atomic mass is 16.5. The van der Waals surface area contributed by atoms with Crippen molar-refractivity contribution in [2.45, 2.75) is 19.3 Å². The Morgan fingerprint density at radius 2 is 1.58 bits per heavy atom. The molecule has 2 aromatic carbocycles. The van der Waals surface area contributed by atoms with Crippen LogP contribution < -0.4 is 10.2 Å². The van der Waals surface area contributed by atoms with Gasteiger partial charge in [-0.3, -0.25) is 4.79 Å². The lowest BCUT2D eigenvalue weighted by atomic mass is 10.1. The minimum Gasteiger partial charge on any atom is -0.465 e. The van der Waals surface area contributed by atoms with Crippen molar-refractivity contribution >= 4 is 23.4 Å². The molecule has 0 radical (unpaired) electrons. The summed E-state index contributed by atoms with van der Waals surface area (Å²) in [5.74, 6) is -0.0105. The largest absolute Gasteiger partial charge is 0.465 e. The third kappa shape index (κ3) is 4.71. The zero-order valence-electron chi connectivity index (χ0n) is 17.4. The van der Waals surface area contributed by atoms with Gasteiger partial charge >= 0.3 is 5.97 Å². The normalized spacial score (nSPS) is 13.5. The minimum atomic E-state index is -0.548. The number of hydrogen-bond acceptors (Lipinski definition) is 6. The zero-order chi connectivity index (χ0) is 21.6. The Bertz CT molecular complexity index is 1060. The second-order valence-corrected chi connectivity index (χ2v) is 7.39. The molecule has 1 N–H and O–H groups in total. The van der Waals surface area contributed by atoms with E-state index in [9.17, 15) is 9.59 Å². The van der Waals surface area contributed by atoms with E-state index in [1.54, 1.807) is 36.4 Å². The van der Waals surface area contributed by atoms with E-state index < -0.39 is 5.97 Å². The van der Waals surface area contributed by atoms with Gasteiger partial charge in [-0.15, -0.1) is 10.2 Å². The number of esters is 1. The fourth-order valence-corrected chi connectivity index (χ4v) is 3.66. The van der Waals surface area contributed by atoms with Gasteiger partial charge in [0, 0.05) is 24.3 Å². The monoisotopic (exact) mass is 416 g/mol. The molecule has 1 amide bonds. The lowest BCUT2D eigenvalue weighted by Gasteiger charge is -2.27. The average Bonchev–Trinajstić information content (AvgIpc) is 2.84. The number of hydrogen-bond donors (Lipinski definition) is 1. The SMILES string of the molecule is COC(=O)c1ccccc1C(=O)Nc1ccc(-c2ccc(N3CCCCC3)nn2)cc1. The second kappa shape index (κ2) is 9.38. The van der Waals surface area contributed by atoms with Gasteiger partial charge in [0.15, 0.2) is 5.82 Å². The first-order chi connectivity index (χ1) is 15.2. The number of anilines is 2. The van der Waals surface area contributed by atoms with Crippen LogP contribution in [0.3, 0.4) is 0 Å². The number of amides is 1. The summed E-state index contributed by atoms with van der Waals surface area (Å²) in [6.07, 6.45) is 3.67. The molecule has 1 aliphatic heterocycles. The predicted octanol–water partition coefficient (Wildman–Crippen LogP) is 4.17. The van der Waals surface area contributed by atoms with Crippen molar-refractivity contribution in [3.8, 4) is 11.3 Å². The number of nitrogens with zero attached hydrogens (tertiary/aromatic N) is 3. The molecular weight excluding hydrogens is 392 g/mol. The van der Waals surface area contributed by atoms with E-state index >= 15 is 0 Å². The van der Waals surface area contributed by atoms with Crippen LogP contribution in [-0.4, -0.2) is 42.3 Å². The van der Waals surface area contributed by atoms with Crippen LogP contribution in [0, 0.1) is 0 Å². The van der Waals surface area contributed by atoms with Crippen molar-refractivity contribution in [2.75, 3.05) is 30.4 Å². The van der Waals surface area contributed by atoms with E-state index in [1.165, 1.54) is 26.4 Å². The average molecular weight is 416 g/mol. The summed E-state index contributed by atoms with van der Waals surface area (Å²) in [5.41, 5.74) is 2.78. The van der Waals surface area contributed by atoms with E-state index in [2.05, 4.69) is 20.4 Å². The zero-order valence-corrected chi connectivity index (χ0v) is 17.4. The third-order valence-corrected chi connectivity index (χ3v) is 5.35. The number of piperidine rings is 1. The summed E-state index contributed by atoms with van der Waals surface area (Å²) < 4.78 is 4.75. The molecule has 0 atom stereocenters. The highest BCUT2D eigenvalue weighted by molar-refractivity contribution is 6.11. The molecule has 1 fully saturated rings. The van der Waals surface area contributed by atoms with Crippen LogP contribution in [-0.2, 0) is 4.74 Å². The van der Waals surface area contributed by atoms with E-state index in [4.69, 9.17) is 4.74 Å². The maximum atomic E-state index is 12.7. The first kappa shape index (κ1) is 20.5. The van der Waals surface area contributed by atoms with Crippen molar-refractivity contribution in [3.05, 3.63) is 71.8 Å².